The predicted octanol–water partition coefficient (Wildman–Crippen LogP) is 0.797. The fraction of sp³-hybridized carbons (Fsp3) is 0.455. The molecule has 0 fully saturated rings. The maximum absolute atomic E-state index is 11.0. The number of hydrogen-bond acceptors (Lipinski definition) is 7. The van der Waals surface area contributed by atoms with Crippen LogP contribution in [0, 0.1) is 0 Å². The number of aryl methyl sites for hydroxylation is 1. The number of nitrogens with zero attached hydrogens (tertiary/aromatic N) is 2. The van der Waals surface area contributed by atoms with Gasteiger partial charge in [0.25, 0.3) is 0 Å². The van der Waals surface area contributed by atoms with Gasteiger partial charge in [0, 0.05) is 18.0 Å². The van der Waals surface area contributed by atoms with E-state index < -0.39 is 10.0 Å². The van der Waals surface area contributed by atoms with E-state index in [2.05, 4.69) is 26.9 Å². The number of nitrogens with two attached hydrogens (primary N) is 1. The number of anilines is 2. The molecule has 0 spiro atoms. The molecular weight excluding hydrogens is 298 g/mol. The summed E-state index contributed by atoms with van der Waals surface area (Å²) in [5.74, 6) is 0.847. The van der Waals surface area contributed by atoms with Gasteiger partial charge in [-0.25, -0.2) is 18.1 Å². The molecule has 110 valence electrons. The molecule has 20 heavy (non-hydrogen) atoms. The zero-order valence-corrected chi connectivity index (χ0v) is 12.9. The molecule has 0 radical (unpaired) electrons. The van der Waals surface area contributed by atoms with Crippen LogP contribution in [0.25, 0.3) is 10.2 Å². The molecule has 0 unspecified atom stereocenters. The molecule has 0 aliphatic rings. The first-order valence-corrected chi connectivity index (χ1v) is 8.84. The fourth-order valence-corrected chi connectivity index (χ4v) is 3.16. The summed E-state index contributed by atoms with van der Waals surface area (Å²) in [6.07, 6.45) is 2.05. The van der Waals surface area contributed by atoms with E-state index in [1.165, 1.54) is 4.88 Å². The molecule has 0 bridgehead atoms. The summed E-state index contributed by atoms with van der Waals surface area (Å²) < 4.78 is 24.3. The van der Waals surface area contributed by atoms with Crippen molar-refractivity contribution in [3.63, 3.8) is 0 Å². The average molecular weight is 315 g/mol. The number of thiophene rings is 1. The van der Waals surface area contributed by atoms with Crippen molar-refractivity contribution in [2.45, 2.75) is 13.3 Å². The smallest absolute Gasteiger partial charge is 0.223 e. The standard InChI is InChI=1S/C11H17N5O2S2/c1-3-7-6-8-9(13-4-5-14-20(2,17)18)15-11(12)16-10(8)19-7/h6,14H,3-5H2,1-2H3,(H3,12,13,15,16). The third kappa shape index (κ3) is 3.78. The maximum atomic E-state index is 11.0. The largest absolute Gasteiger partial charge is 0.368 e. The van der Waals surface area contributed by atoms with Crippen molar-refractivity contribution in [1.29, 1.82) is 0 Å². The molecule has 0 aliphatic carbocycles. The number of nitrogen functional groups attached to an aromatic ring is 1. The lowest BCUT2D eigenvalue weighted by Gasteiger charge is -2.07. The van der Waals surface area contributed by atoms with Crippen LogP contribution < -0.4 is 15.8 Å². The van der Waals surface area contributed by atoms with E-state index in [4.69, 9.17) is 5.73 Å². The van der Waals surface area contributed by atoms with E-state index in [9.17, 15) is 8.42 Å². The number of fused-ring (bicyclic) bond motifs is 1. The molecule has 2 heterocycles. The van der Waals surface area contributed by atoms with Crippen LogP contribution in [0.15, 0.2) is 6.07 Å². The van der Waals surface area contributed by atoms with Crippen molar-refractivity contribution in [3.05, 3.63) is 10.9 Å². The van der Waals surface area contributed by atoms with Crippen LogP contribution in [-0.4, -0.2) is 37.7 Å². The summed E-state index contributed by atoms with van der Waals surface area (Å²) >= 11 is 1.59. The van der Waals surface area contributed by atoms with Gasteiger partial charge in [0.1, 0.15) is 10.6 Å². The molecule has 9 heteroatoms. The Hall–Kier alpha value is -1.45. The molecule has 0 saturated heterocycles. The van der Waals surface area contributed by atoms with Gasteiger partial charge in [-0.2, -0.15) is 4.98 Å². The highest BCUT2D eigenvalue weighted by molar-refractivity contribution is 7.88. The third-order valence-corrected chi connectivity index (χ3v) is 4.49. The highest BCUT2D eigenvalue weighted by Crippen LogP contribution is 2.29. The fourth-order valence-electron chi connectivity index (χ4n) is 1.71. The molecule has 0 amide bonds. The molecule has 7 nitrogen and oxygen atoms in total. The van der Waals surface area contributed by atoms with Gasteiger partial charge in [-0.3, -0.25) is 0 Å². The van der Waals surface area contributed by atoms with Crippen LogP contribution in [-0.2, 0) is 16.4 Å². The van der Waals surface area contributed by atoms with Gasteiger partial charge >= 0.3 is 0 Å². The molecule has 2 aromatic heterocycles. The second kappa shape index (κ2) is 5.90. The first kappa shape index (κ1) is 14.9. The molecule has 2 rings (SSSR count). The van der Waals surface area contributed by atoms with Crippen LogP contribution in [0.3, 0.4) is 0 Å². The lowest BCUT2D eigenvalue weighted by atomic mass is 10.3. The van der Waals surface area contributed by atoms with E-state index in [1.54, 1.807) is 11.3 Å². The average Bonchev–Trinajstić information content (AvgIpc) is 2.76. The normalized spacial score (nSPS) is 11.9. The van der Waals surface area contributed by atoms with Crippen molar-refractivity contribution >= 4 is 43.3 Å². The topological polar surface area (TPSA) is 110 Å². The van der Waals surface area contributed by atoms with Gasteiger partial charge < -0.3 is 11.1 Å². The van der Waals surface area contributed by atoms with Gasteiger partial charge in [0.05, 0.1) is 11.6 Å². The zero-order valence-electron chi connectivity index (χ0n) is 11.3. The third-order valence-electron chi connectivity index (χ3n) is 2.59. The summed E-state index contributed by atoms with van der Waals surface area (Å²) in [5, 5.41) is 4.00. The number of rotatable bonds is 6. The van der Waals surface area contributed by atoms with E-state index >= 15 is 0 Å². The Morgan fingerprint density at radius 1 is 1.35 bits per heavy atom. The van der Waals surface area contributed by atoms with Gasteiger partial charge in [-0.05, 0) is 12.5 Å². The molecule has 0 aromatic carbocycles. The van der Waals surface area contributed by atoms with Crippen molar-refractivity contribution in [2.24, 2.45) is 0 Å². The van der Waals surface area contributed by atoms with E-state index in [-0.39, 0.29) is 12.5 Å². The maximum Gasteiger partial charge on any atom is 0.223 e. The van der Waals surface area contributed by atoms with Gasteiger partial charge in [-0.15, -0.1) is 11.3 Å². The van der Waals surface area contributed by atoms with Crippen LogP contribution >= 0.6 is 11.3 Å². The van der Waals surface area contributed by atoms with Crippen molar-refractivity contribution < 1.29 is 8.42 Å². The molecule has 4 N–H and O–H groups in total. The van der Waals surface area contributed by atoms with Crippen LogP contribution in [0.4, 0.5) is 11.8 Å². The number of nitrogens with one attached hydrogen (secondary N) is 2. The van der Waals surface area contributed by atoms with Crippen molar-refractivity contribution in [2.75, 3.05) is 30.4 Å². The van der Waals surface area contributed by atoms with E-state index in [0.717, 1.165) is 22.9 Å². The zero-order chi connectivity index (χ0) is 14.8. The highest BCUT2D eigenvalue weighted by Gasteiger charge is 2.10. The van der Waals surface area contributed by atoms with Crippen LogP contribution in [0.5, 0.6) is 0 Å². The first-order chi connectivity index (χ1) is 9.39. The second-order valence-corrected chi connectivity index (χ2v) is 7.26. The van der Waals surface area contributed by atoms with Crippen LogP contribution in [0.1, 0.15) is 11.8 Å². The van der Waals surface area contributed by atoms with Crippen LogP contribution in [0.2, 0.25) is 0 Å². The van der Waals surface area contributed by atoms with E-state index in [1.807, 2.05) is 6.07 Å². The molecule has 0 saturated carbocycles. The molecule has 0 atom stereocenters. The summed E-state index contributed by atoms with van der Waals surface area (Å²) in [6, 6.07) is 2.03. The summed E-state index contributed by atoms with van der Waals surface area (Å²) in [7, 11) is -3.17. The molecule has 0 aliphatic heterocycles. The molecule has 2 aromatic rings. The van der Waals surface area contributed by atoms with Crippen molar-refractivity contribution in [3.8, 4) is 0 Å². The Morgan fingerprint density at radius 2 is 2.10 bits per heavy atom. The minimum Gasteiger partial charge on any atom is -0.368 e. The minimum atomic E-state index is -3.17. The SMILES string of the molecule is CCc1cc2c(NCCNS(C)(=O)=O)nc(N)nc2s1. The van der Waals surface area contributed by atoms with Gasteiger partial charge in [0.2, 0.25) is 16.0 Å². The highest BCUT2D eigenvalue weighted by atomic mass is 32.2. The number of sulfonamides is 1. The Morgan fingerprint density at radius 3 is 2.75 bits per heavy atom. The Balaban J connectivity index is 2.14. The van der Waals surface area contributed by atoms with E-state index in [0.29, 0.717) is 12.4 Å². The Kier molecular flexibility index (Phi) is 4.41. The van der Waals surface area contributed by atoms with Gasteiger partial charge in [-0.1, -0.05) is 6.92 Å². The lowest BCUT2D eigenvalue weighted by Crippen LogP contribution is -2.27. The summed E-state index contributed by atoms with van der Waals surface area (Å²) in [5.41, 5.74) is 5.68. The Bertz CT molecular complexity index is 711. The molecular formula is C11H17N5O2S2. The predicted molar refractivity (Wildman–Crippen MR) is 82.5 cm³/mol. The second-order valence-electron chi connectivity index (χ2n) is 4.31. The monoisotopic (exact) mass is 315 g/mol. The summed E-state index contributed by atoms with van der Waals surface area (Å²) in [6.45, 7) is 2.79. The number of hydrogen-bond donors (Lipinski definition) is 3. The summed E-state index contributed by atoms with van der Waals surface area (Å²) in [4.78, 5) is 10.4. The first-order valence-electron chi connectivity index (χ1n) is 6.13. The Labute approximate surface area is 121 Å². The van der Waals surface area contributed by atoms with Crippen molar-refractivity contribution in [1.82, 2.24) is 14.7 Å². The minimum absolute atomic E-state index is 0.209. The lowest BCUT2D eigenvalue weighted by molar-refractivity contribution is 0.589. The number of aromatic nitrogens is 2. The van der Waals surface area contributed by atoms with Gasteiger partial charge in [0.15, 0.2) is 0 Å². The quantitative estimate of drug-likeness (QED) is 0.680.